The van der Waals surface area contributed by atoms with Crippen LogP contribution < -0.4 is 9.80 Å². The molecule has 0 aliphatic heterocycles. The zero-order valence-electron chi connectivity index (χ0n) is 48.6. The molecule has 0 atom stereocenters. The van der Waals surface area contributed by atoms with Crippen LogP contribution in [-0.4, -0.2) is 0 Å². The predicted molar refractivity (Wildman–Crippen MR) is 347 cm³/mol. The van der Waals surface area contributed by atoms with Crippen molar-refractivity contribution in [2.45, 2.75) is 84.0 Å². The summed E-state index contributed by atoms with van der Waals surface area (Å²) in [5.41, 5.74) is 28.5. The fourth-order valence-electron chi connectivity index (χ4n) is 15.3. The van der Waals surface area contributed by atoms with Crippen LogP contribution in [0.2, 0.25) is 0 Å². The summed E-state index contributed by atoms with van der Waals surface area (Å²) in [6, 6.07) is 82.7. The highest BCUT2D eigenvalue weighted by Gasteiger charge is 2.49. The normalized spacial score (nSPS) is 14.9. The molecule has 0 saturated carbocycles. The standard InChI is InChI=1S/C79H64N2O2/c1-76(2,3)60-32-20-16-28-53(60)59-46-64-67(69-57-30-18-22-34-65(57)82-74(59)69)55-42-40-51(44-62(55)77(64,4)5)81(50-38-36-49(37-39-50)80(47-24-12-10-13-25-47)48-26-14-11-15-27-48)52-41-43-56-63(45-52)79(8,9)72-68(56)70-58-31-19-23-35-66(58)83-75(70)71-54-29-17-21-33-61(54)78(6,7)73(71)72/h10-46H,1-9H3. The Kier molecular flexibility index (Phi) is 10.3. The number of rotatable bonds is 7. The van der Waals surface area contributed by atoms with E-state index >= 15 is 0 Å². The highest BCUT2D eigenvalue weighted by Crippen LogP contribution is 2.64. The van der Waals surface area contributed by atoms with Gasteiger partial charge in [0.05, 0.1) is 0 Å². The van der Waals surface area contributed by atoms with Crippen molar-refractivity contribution < 1.29 is 8.83 Å². The van der Waals surface area contributed by atoms with E-state index in [0.717, 1.165) is 72.8 Å². The molecule has 2 aromatic heterocycles. The second-order valence-corrected chi connectivity index (χ2v) is 26.0. The largest absolute Gasteiger partial charge is 0.455 e. The van der Waals surface area contributed by atoms with Gasteiger partial charge in [-0.05, 0) is 169 Å². The fourth-order valence-corrected chi connectivity index (χ4v) is 15.3. The Bertz CT molecular complexity index is 4810. The van der Waals surface area contributed by atoms with E-state index < -0.39 is 0 Å². The summed E-state index contributed by atoms with van der Waals surface area (Å²) in [5.74, 6) is 0. The minimum Gasteiger partial charge on any atom is -0.455 e. The molecule has 0 unspecified atom stereocenters. The molecule has 402 valence electrons. The molecule has 3 aliphatic rings. The average molecular weight is 1070 g/mol. The Hall–Kier alpha value is -9.38. The van der Waals surface area contributed by atoms with Crippen molar-refractivity contribution in [3.63, 3.8) is 0 Å². The Balaban J connectivity index is 0.915. The lowest BCUT2D eigenvalue weighted by molar-refractivity contribution is 0.591. The van der Waals surface area contributed by atoms with Crippen LogP contribution in [-0.2, 0) is 21.7 Å². The number of furan rings is 2. The van der Waals surface area contributed by atoms with Gasteiger partial charge in [0.1, 0.15) is 22.3 Å². The molecular weight excluding hydrogens is 1010 g/mol. The maximum atomic E-state index is 7.06. The molecule has 0 fully saturated rings. The first kappa shape index (κ1) is 49.4. The lowest BCUT2D eigenvalue weighted by atomic mass is 9.72. The number of fused-ring (bicyclic) bond motifs is 19. The van der Waals surface area contributed by atoms with Crippen molar-refractivity contribution in [2.75, 3.05) is 9.80 Å². The van der Waals surface area contributed by atoms with E-state index in [1.807, 2.05) is 0 Å². The summed E-state index contributed by atoms with van der Waals surface area (Å²) >= 11 is 0. The van der Waals surface area contributed by atoms with Gasteiger partial charge in [-0.25, -0.2) is 0 Å². The smallest absolute Gasteiger partial charge is 0.144 e. The summed E-state index contributed by atoms with van der Waals surface area (Å²) in [6.45, 7) is 21.5. The fraction of sp³-hybridized carbons (Fsp3) is 0.165. The van der Waals surface area contributed by atoms with Crippen molar-refractivity contribution >= 4 is 78.0 Å². The molecule has 83 heavy (non-hydrogen) atoms. The van der Waals surface area contributed by atoms with Crippen molar-refractivity contribution in [3.05, 3.63) is 263 Å². The molecule has 0 amide bonds. The van der Waals surface area contributed by atoms with E-state index in [0.29, 0.717) is 0 Å². The van der Waals surface area contributed by atoms with Crippen LogP contribution in [0.3, 0.4) is 0 Å². The lowest BCUT2D eigenvalue weighted by Crippen LogP contribution is -2.24. The van der Waals surface area contributed by atoms with Crippen molar-refractivity contribution in [2.24, 2.45) is 0 Å². The molecule has 0 radical (unpaired) electrons. The van der Waals surface area contributed by atoms with E-state index in [4.69, 9.17) is 8.83 Å². The first-order valence-electron chi connectivity index (χ1n) is 29.4. The summed E-state index contributed by atoms with van der Waals surface area (Å²) in [5, 5.41) is 4.69. The molecular formula is C79H64N2O2. The number of benzene rings is 11. The Morgan fingerprint density at radius 1 is 0.313 bits per heavy atom. The maximum absolute atomic E-state index is 7.06. The third kappa shape index (κ3) is 6.93. The van der Waals surface area contributed by atoms with Gasteiger partial charge in [0.2, 0.25) is 0 Å². The second-order valence-electron chi connectivity index (χ2n) is 26.0. The summed E-state index contributed by atoms with van der Waals surface area (Å²) in [4.78, 5) is 4.84. The molecule has 3 aliphatic carbocycles. The molecule has 4 nitrogen and oxygen atoms in total. The molecule has 0 spiro atoms. The summed E-state index contributed by atoms with van der Waals surface area (Å²) in [7, 11) is 0. The van der Waals surface area contributed by atoms with Gasteiger partial charge in [-0.1, -0.05) is 196 Å². The van der Waals surface area contributed by atoms with E-state index in [2.05, 4.69) is 297 Å². The van der Waals surface area contributed by atoms with Gasteiger partial charge in [0.15, 0.2) is 0 Å². The number of hydrogen-bond acceptors (Lipinski definition) is 4. The molecule has 11 aromatic carbocycles. The number of hydrogen-bond donors (Lipinski definition) is 0. The van der Waals surface area contributed by atoms with Crippen molar-refractivity contribution in [1.82, 2.24) is 0 Å². The van der Waals surface area contributed by atoms with Crippen LogP contribution in [0.4, 0.5) is 34.1 Å². The van der Waals surface area contributed by atoms with Gasteiger partial charge in [-0.15, -0.1) is 0 Å². The van der Waals surface area contributed by atoms with Crippen LogP contribution in [0.25, 0.3) is 88.4 Å². The van der Waals surface area contributed by atoms with Crippen LogP contribution in [0.1, 0.15) is 101 Å². The molecule has 0 saturated heterocycles. The zero-order chi connectivity index (χ0) is 56.5. The van der Waals surface area contributed by atoms with Crippen LogP contribution in [0.15, 0.2) is 233 Å². The quantitative estimate of drug-likeness (QED) is 0.159. The number of anilines is 6. The molecule has 4 heteroatoms. The summed E-state index contributed by atoms with van der Waals surface area (Å²) < 4.78 is 14.1. The van der Waals surface area contributed by atoms with Crippen LogP contribution in [0, 0.1) is 0 Å². The van der Waals surface area contributed by atoms with Gasteiger partial charge < -0.3 is 18.6 Å². The third-order valence-corrected chi connectivity index (χ3v) is 19.1. The second kappa shape index (κ2) is 17.3. The Morgan fingerprint density at radius 2 is 0.735 bits per heavy atom. The monoisotopic (exact) mass is 1070 g/mol. The number of para-hydroxylation sites is 4. The predicted octanol–water partition coefficient (Wildman–Crippen LogP) is 22.3. The minimum atomic E-state index is -0.373. The Morgan fingerprint density at radius 3 is 1.34 bits per heavy atom. The zero-order valence-corrected chi connectivity index (χ0v) is 48.6. The molecule has 2 heterocycles. The van der Waals surface area contributed by atoms with E-state index in [1.165, 1.54) is 88.7 Å². The maximum Gasteiger partial charge on any atom is 0.144 e. The molecule has 16 rings (SSSR count). The first-order chi connectivity index (χ1) is 40.1. The van der Waals surface area contributed by atoms with Gasteiger partial charge >= 0.3 is 0 Å². The highest BCUT2D eigenvalue weighted by atomic mass is 16.3. The lowest BCUT2D eigenvalue weighted by Gasteiger charge is -2.32. The SMILES string of the molecule is CC(C)(C)c1ccccc1-c1cc2c(c3c1oc1ccccc13)-c1ccc(N(c3ccc(N(c4ccccc4)c4ccccc4)cc3)c3ccc4c(c3)C(C)(C)c3c5c(c6oc7ccccc7c6c3-4)-c3ccccc3C5(C)C)cc1C2(C)C. The van der Waals surface area contributed by atoms with Gasteiger partial charge in [0.25, 0.3) is 0 Å². The number of nitrogens with zero attached hydrogens (tertiary/aromatic N) is 2. The molecule has 0 bridgehead atoms. The molecule has 13 aromatic rings. The minimum absolute atomic E-state index is 0.0811. The first-order valence-corrected chi connectivity index (χ1v) is 29.4. The van der Waals surface area contributed by atoms with Gasteiger partial charge in [-0.3, -0.25) is 0 Å². The van der Waals surface area contributed by atoms with E-state index in [9.17, 15) is 0 Å². The topological polar surface area (TPSA) is 32.8 Å². The Labute approximate surface area is 485 Å². The van der Waals surface area contributed by atoms with Crippen LogP contribution >= 0.6 is 0 Å². The van der Waals surface area contributed by atoms with Crippen molar-refractivity contribution in [3.8, 4) is 44.5 Å². The highest BCUT2D eigenvalue weighted by molar-refractivity contribution is 6.22. The van der Waals surface area contributed by atoms with E-state index in [-0.39, 0.29) is 21.7 Å². The third-order valence-electron chi connectivity index (χ3n) is 19.1. The van der Waals surface area contributed by atoms with Crippen molar-refractivity contribution in [1.29, 1.82) is 0 Å². The average Bonchev–Trinajstić information content (AvgIpc) is 1.77. The van der Waals surface area contributed by atoms with Crippen LogP contribution in [0.5, 0.6) is 0 Å². The van der Waals surface area contributed by atoms with Gasteiger partial charge in [-0.2, -0.15) is 0 Å². The summed E-state index contributed by atoms with van der Waals surface area (Å²) in [6.07, 6.45) is 0. The van der Waals surface area contributed by atoms with Gasteiger partial charge in [0, 0.05) is 83.0 Å². The van der Waals surface area contributed by atoms with E-state index in [1.54, 1.807) is 0 Å². The molecule has 0 N–H and O–H groups in total.